The quantitative estimate of drug-likeness (QED) is 0.316. The number of hydrogen-bond acceptors (Lipinski definition) is 4. The molecule has 0 aromatic heterocycles. The number of hydrogen-bond donors (Lipinski definition) is 3. The van der Waals surface area contributed by atoms with E-state index in [1.807, 2.05) is 45.9 Å². The second-order valence-electron chi connectivity index (χ2n) is 7.38. The number of aromatic hydroxyl groups is 1. The lowest BCUT2D eigenvalue weighted by molar-refractivity contribution is -0.128. The third-order valence-electron chi connectivity index (χ3n) is 4.71. The lowest BCUT2D eigenvalue weighted by Crippen LogP contribution is -2.53. The number of para-hydroxylation sites is 2. The van der Waals surface area contributed by atoms with Crippen molar-refractivity contribution in [3.05, 3.63) is 24.3 Å². The van der Waals surface area contributed by atoms with E-state index in [-0.39, 0.29) is 29.9 Å². The summed E-state index contributed by atoms with van der Waals surface area (Å²) in [4.78, 5) is 21.3. The van der Waals surface area contributed by atoms with Crippen LogP contribution >= 0.6 is 24.0 Å². The van der Waals surface area contributed by atoms with Gasteiger partial charge in [-0.3, -0.25) is 9.79 Å². The zero-order chi connectivity index (χ0) is 19.9. The average Bonchev–Trinajstić information content (AvgIpc) is 2.66. The summed E-state index contributed by atoms with van der Waals surface area (Å²) in [5.41, 5.74) is 0.324. The van der Waals surface area contributed by atoms with Gasteiger partial charge in [-0.15, -0.1) is 24.0 Å². The van der Waals surface area contributed by atoms with Crippen LogP contribution in [0.3, 0.4) is 0 Å². The highest BCUT2D eigenvalue weighted by Crippen LogP contribution is 2.27. The number of rotatable bonds is 6. The number of halogens is 1. The lowest BCUT2D eigenvalue weighted by atomic mass is 9.92. The predicted molar refractivity (Wildman–Crippen MR) is 126 cm³/mol. The Labute approximate surface area is 185 Å². The predicted octanol–water partition coefficient (Wildman–Crippen LogP) is 2.26. The minimum Gasteiger partial charge on any atom is -0.506 e. The number of anilines is 1. The minimum atomic E-state index is -0.547. The topological polar surface area (TPSA) is 80.2 Å². The van der Waals surface area contributed by atoms with Crippen LogP contribution in [0.2, 0.25) is 0 Å². The van der Waals surface area contributed by atoms with Gasteiger partial charge in [0.2, 0.25) is 5.91 Å². The molecule has 1 aliphatic heterocycles. The zero-order valence-corrected chi connectivity index (χ0v) is 19.7. The molecule has 0 unspecified atom stereocenters. The molecule has 28 heavy (non-hydrogen) atoms. The number of benzene rings is 1. The molecule has 0 bridgehead atoms. The summed E-state index contributed by atoms with van der Waals surface area (Å²) in [6.07, 6.45) is 0. The maximum absolute atomic E-state index is 12.2. The molecule has 0 radical (unpaired) electrons. The number of carbonyl (C=O) groups is 1. The maximum Gasteiger partial charge on any atom is 0.227 e. The summed E-state index contributed by atoms with van der Waals surface area (Å²) in [5, 5.41) is 16.3. The van der Waals surface area contributed by atoms with Crippen molar-refractivity contribution in [1.82, 2.24) is 15.5 Å². The minimum absolute atomic E-state index is 0. The third-order valence-corrected chi connectivity index (χ3v) is 4.71. The molecule has 8 heteroatoms. The highest BCUT2D eigenvalue weighted by atomic mass is 127. The molecule has 1 fully saturated rings. The van der Waals surface area contributed by atoms with E-state index in [9.17, 15) is 9.90 Å². The third kappa shape index (κ3) is 6.42. The number of guanidine groups is 1. The van der Waals surface area contributed by atoms with Gasteiger partial charge in [0.25, 0.3) is 0 Å². The largest absolute Gasteiger partial charge is 0.506 e. The van der Waals surface area contributed by atoms with E-state index < -0.39 is 5.41 Å². The van der Waals surface area contributed by atoms with Crippen molar-refractivity contribution < 1.29 is 9.90 Å². The highest BCUT2D eigenvalue weighted by molar-refractivity contribution is 14.0. The number of phenols is 1. The zero-order valence-electron chi connectivity index (χ0n) is 17.4. The van der Waals surface area contributed by atoms with Crippen molar-refractivity contribution in [2.24, 2.45) is 10.4 Å². The average molecular weight is 503 g/mol. The summed E-state index contributed by atoms with van der Waals surface area (Å²) < 4.78 is 0. The molecule has 0 spiro atoms. The fraction of sp³-hybridized carbons (Fsp3) is 0.600. The molecular formula is C20H34IN5O2. The number of nitrogens with zero attached hydrogens (tertiary/aromatic N) is 3. The molecular weight excluding hydrogens is 469 g/mol. The number of piperazine rings is 1. The van der Waals surface area contributed by atoms with Crippen molar-refractivity contribution >= 4 is 41.5 Å². The molecule has 3 N–H and O–H groups in total. The van der Waals surface area contributed by atoms with Gasteiger partial charge in [0, 0.05) is 39.3 Å². The molecule has 158 valence electrons. The Morgan fingerprint density at radius 2 is 1.71 bits per heavy atom. The van der Waals surface area contributed by atoms with E-state index in [1.54, 1.807) is 6.07 Å². The summed E-state index contributed by atoms with van der Waals surface area (Å²) in [7, 11) is 0. The number of amides is 1. The van der Waals surface area contributed by atoms with Gasteiger partial charge in [0.1, 0.15) is 5.75 Å². The molecule has 2 rings (SSSR count). The first-order valence-corrected chi connectivity index (χ1v) is 9.73. The van der Waals surface area contributed by atoms with E-state index >= 15 is 0 Å². The first kappa shape index (κ1) is 24.3. The molecule has 0 saturated carbocycles. The Morgan fingerprint density at radius 3 is 2.29 bits per heavy atom. The van der Waals surface area contributed by atoms with E-state index in [0.717, 1.165) is 44.4 Å². The van der Waals surface area contributed by atoms with Crippen molar-refractivity contribution in [1.29, 1.82) is 0 Å². The van der Waals surface area contributed by atoms with Gasteiger partial charge < -0.3 is 25.5 Å². The van der Waals surface area contributed by atoms with Gasteiger partial charge in [-0.2, -0.15) is 0 Å². The van der Waals surface area contributed by atoms with Crippen molar-refractivity contribution in [3.8, 4) is 5.75 Å². The fourth-order valence-corrected chi connectivity index (χ4v) is 3.06. The van der Waals surface area contributed by atoms with Gasteiger partial charge >= 0.3 is 0 Å². The van der Waals surface area contributed by atoms with Gasteiger partial charge in [-0.1, -0.05) is 12.1 Å². The van der Waals surface area contributed by atoms with Gasteiger partial charge in [0.15, 0.2) is 5.96 Å². The number of phenolic OH excluding ortho intramolecular Hbond substituents is 1. The highest BCUT2D eigenvalue weighted by Gasteiger charge is 2.28. The molecule has 1 saturated heterocycles. The number of aliphatic imine (C=N–C) groups is 1. The Morgan fingerprint density at radius 1 is 1.11 bits per heavy atom. The van der Waals surface area contributed by atoms with Crippen molar-refractivity contribution in [3.63, 3.8) is 0 Å². The molecule has 1 amide bonds. The van der Waals surface area contributed by atoms with Crippen LogP contribution in [0, 0.1) is 5.41 Å². The van der Waals surface area contributed by atoms with Crippen molar-refractivity contribution in [2.45, 2.75) is 27.7 Å². The van der Waals surface area contributed by atoms with E-state index in [1.165, 1.54) is 0 Å². The van der Waals surface area contributed by atoms with Crippen LogP contribution < -0.4 is 15.5 Å². The van der Waals surface area contributed by atoms with Crippen LogP contribution in [0.4, 0.5) is 5.69 Å². The van der Waals surface area contributed by atoms with Crippen LogP contribution in [0.1, 0.15) is 27.7 Å². The second-order valence-corrected chi connectivity index (χ2v) is 7.38. The van der Waals surface area contributed by atoms with Crippen LogP contribution in [0.5, 0.6) is 5.75 Å². The Kier molecular flexibility index (Phi) is 9.84. The molecule has 1 heterocycles. The van der Waals surface area contributed by atoms with Crippen LogP contribution in [0.15, 0.2) is 29.3 Å². The van der Waals surface area contributed by atoms with Crippen LogP contribution in [0.25, 0.3) is 0 Å². The monoisotopic (exact) mass is 503 g/mol. The first-order valence-electron chi connectivity index (χ1n) is 9.73. The summed E-state index contributed by atoms with van der Waals surface area (Å²) >= 11 is 0. The normalized spacial score (nSPS) is 15.1. The lowest BCUT2D eigenvalue weighted by Gasteiger charge is -2.38. The van der Waals surface area contributed by atoms with Gasteiger partial charge in [-0.25, -0.2) is 0 Å². The Bertz CT molecular complexity index is 658. The number of nitrogens with one attached hydrogen (secondary N) is 2. The van der Waals surface area contributed by atoms with E-state index in [2.05, 4.69) is 20.4 Å². The number of carbonyl (C=O) groups excluding carboxylic acids is 1. The Balaban J connectivity index is 0.00000392. The fourth-order valence-electron chi connectivity index (χ4n) is 3.06. The molecule has 7 nitrogen and oxygen atoms in total. The molecule has 1 aromatic carbocycles. The SMILES string of the molecule is CCNC(=O)C(C)(C)CN=C(NCC)N1CCN(c2ccccc2O)CC1.I. The molecule has 1 aliphatic rings. The Hall–Kier alpha value is -1.71. The second kappa shape index (κ2) is 11.3. The van der Waals surface area contributed by atoms with Crippen LogP contribution in [-0.2, 0) is 4.79 Å². The van der Waals surface area contributed by atoms with Gasteiger partial charge in [0.05, 0.1) is 17.6 Å². The molecule has 0 aliphatic carbocycles. The smallest absolute Gasteiger partial charge is 0.227 e. The summed E-state index contributed by atoms with van der Waals surface area (Å²) in [6.45, 7) is 12.9. The van der Waals surface area contributed by atoms with Crippen molar-refractivity contribution in [2.75, 3.05) is 50.7 Å². The van der Waals surface area contributed by atoms with Gasteiger partial charge in [-0.05, 0) is 39.8 Å². The van der Waals surface area contributed by atoms with E-state index in [0.29, 0.717) is 18.8 Å². The molecule has 0 atom stereocenters. The standard InChI is InChI=1S/C20H33N5O2.HI/c1-5-21-18(27)20(3,4)15-23-19(22-6-2)25-13-11-24(12-14-25)16-9-7-8-10-17(16)26;/h7-10,26H,5-6,11-15H2,1-4H3,(H,21,27)(H,22,23);1H. The summed E-state index contributed by atoms with van der Waals surface area (Å²) in [6, 6.07) is 7.44. The molecule has 1 aromatic rings. The van der Waals surface area contributed by atoms with Crippen LogP contribution in [-0.4, -0.2) is 67.7 Å². The summed E-state index contributed by atoms with van der Waals surface area (Å²) in [5.74, 6) is 1.18. The van der Waals surface area contributed by atoms with E-state index in [4.69, 9.17) is 4.99 Å². The maximum atomic E-state index is 12.2. The first-order chi connectivity index (χ1) is 12.9.